The van der Waals surface area contributed by atoms with E-state index in [1.54, 1.807) is 0 Å². The summed E-state index contributed by atoms with van der Waals surface area (Å²) in [5, 5.41) is 3.05. The van der Waals surface area contributed by atoms with Gasteiger partial charge in [0.15, 0.2) is 0 Å². The second-order valence-electron chi connectivity index (χ2n) is 6.52. The molecule has 1 aliphatic carbocycles. The van der Waals surface area contributed by atoms with Gasteiger partial charge in [0.25, 0.3) is 0 Å². The van der Waals surface area contributed by atoms with Crippen molar-refractivity contribution in [3.63, 3.8) is 0 Å². The number of amides is 1. The average molecular weight is 267 g/mol. The Morgan fingerprint density at radius 1 is 1.37 bits per heavy atom. The third-order valence-corrected chi connectivity index (χ3v) is 4.62. The number of nitrogens with zero attached hydrogens (tertiary/aromatic N) is 1. The van der Waals surface area contributed by atoms with E-state index in [1.807, 2.05) is 0 Å². The van der Waals surface area contributed by atoms with Crippen molar-refractivity contribution in [2.24, 2.45) is 11.7 Å². The molecule has 4 nitrogen and oxygen atoms in total. The molecule has 1 aliphatic heterocycles. The Labute approximate surface area is 117 Å². The van der Waals surface area contributed by atoms with Crippen molar-refractivity contribution in [3.8, 4) is 0 Å². The molecule has 2 rings (SSSR count). The molecule has 3 N–H and O–H groups in total. The molecule has 1 amide bonds. The summed E-state index contributed by atoms with van der Waals surface area (Å²) in [6, 6.07) is 0. The number of carbonyl (C=O) groups excluding carboxylic acids is 1. The predicted molar refractivity (Wildman–Crippen MR) is 77.9 cm³/mol. The molecule has 2 unspecified atom stereocenters. The van der Waals surface area contributed by atoms with Gasteiger partial charge in [-0.15, -0.1) is 0 Å². The fraction of sp³-hybridized carbons (Fsp3) is 0.933. The summed E-state index contributed by atoms with van der Waals surface area (Å²) in [5.41, 5.74) is 5.67. The summed E-state index contributed by atoms with van der Waals surface area (Å²) >= 11 is 0. The molecular formula is C15H29N3O. The van der Waals surface area contributed by atoms with Crippen LogP contribution in [0.15, 0.2) is 0 Å². The SMILES string of the molecule is CC1CCCC(N)(C(=O)NCCCN2CCCC2)C1. The van der Waals surface area contributed by atoms with Gasteiger partial charge in [0.05, 0.1) is 5.54 Å². The van der Waals surface area contributed by atoms with E-state index in [0.717, 1.165) is 38.8 Å². The van der Waals surface area contributed by atoms with E-state index >= 15 is 0 Å². The van der Waals surface area contributed by atoms with Crippen molar-refractivity contribution in [1.29, 1.82) is 0 Å². The van der Waals surface area contributed by atoms with Crippen LogP contribution in [0.3, 0.4) is 0 Å². The van der Waals surface area contributed by atoms with E-state index in [2.05, 4.69) is 17.1 Å². The first-order valence-electron chi connectivity index (χ1n) is 7.90. The van der Waals surface area contributed by atoms with Crippen molar-refractivity contribution >= 4 is 5.91 Å². The summed E-state index contributed by atoms with van der Waals surface area (Å²) in [6.45, 7) is 6.52. The van der Waals surface area contributed by atoms with Gasteiger partial charge in [-0.3, -0.25) is 4.79 Å². The number of hydrogen-bond acceptors (Lipinski definition) is 3. The first kappa shape index (κ1) is 14.8. The highest BCUT2D eigenvalue weighted by Crippen LogP contribution is 2.30. The standard InChI is InChI=1S/C15H29N3O/c1-13-6-4-7-15(16,12-13)14(19)17-8-5-11-18-9-2-3-10-18/h13H,2-12,16H2,1H3,(H,17,19). The molecule has 1 heterocycles. The van der Waals surface area contributed by atoms with Crippen LogP contribution in [-0.4, -0.2) is 42.5 Å². The molecule has 19 heavy (non-hydrogen) atoms. The van der Waals surface area contributed by atoms with Crippen molar-refractivity contribution in [2.75, 3.05) is 26.2 Å². The molecule has 0 aromatic carbocycles. The number of nitrogens with two attached hydrogens (primary N) is 1. The van der Waals surface area contributed by atoms with Gasteiger partial charge in [0.1, 0.15) is 0 Å². The first-order chi connectivity index (χ1) is 9.10. The van der Waals surface area contributed by atoms with Crippen LogP contribution in [0.5, 0.6) is 0 Å². The van der Waals surface area contributed by atoms with Crippen molar-refractivity contribution < 1.29 is 4.79 Å². The minimum atomic E-state index is -0.606. The van der Waals surface area contributed by atoms with Gasteiger partial charge in [-0.25, -0.2) is 0 Å². The minimum absolute atomic E-state index is 0.0699. The molecule has 0 aromatic heterocycles. The van der Waals surface area contributed by atoms with Gasteiger partial charge in [-0.2, -0.15) is 0 Å². The fourth-order valence-corrected chi connectivity index (χ4v) is 3.48. The lowest BCUT2D eigenvalue weighted by Gasteiger charge is -2.35. The topological polar surface area (TPSA) is 58.4 Å². The molecule has 4 heteroatoms. The van der Waals surface area contributed by atoms with Crippen LogP contribution in [0, 0.1) is 5.92 Å². The Bertz CT molecular complexity index is 302. The van der Waals surface area contributed by atoms with Crippen LogP contribution >= 0.6 is 0 Å². The number of nitrogens with one attached hydrogen (secondary N) is 1. The van der Waals surface area contributed by atoms with Gasteiger partial charge in [-0.05, 0) is 57.7 Å². The van der Waals surface area contributed by atoms with E-state index in [1.165, 1.54) is 32.4 Å². The van der Waals surface area contributed by atoms with Crippen LogP contribution < -0.4 is 11.1 Å². The normalized spacial score (nSPS) is 32.4. The Balaban J connectivity index is 1.65. The number of hydrogen-bond donors (Lipinski definition) is 2. The maximum atomic E-state index is 12.2. The van der Waals surface area contributed by atoms with E-state index in [0.29, 0.717) is 5.92 Å². The van der Waals surface area contributed by atoms with E-state index in [4.69, 9.17) is 5.73 Å². The molecule has 110 valence electrons. The molecule has 2 fully saturated rings. The zero-order valence-corrected chi connectivity index (χ0v) is 12.3. The van der Waals surface area contributed by atoms with Crippen LogP contribution in [-0.2, 0) is 4.79 Å². The summed E-state index contributed by atoms with van der Waals surface area (Å²) in [5.74, 6) is 0.648. The lowest BCUT2D eigenvalue weighted by Crippen LogP contribution is -2.56. The van der Waals surface area contributed by atoms with Gasteiger partial charge in [-0.1, -0.05) is 19.8 Å². The van der Waals surface area contributed by atoms with Gasteiger partial charge in [0, 0.05) is 6.54 Å². The number of carbonyl (C=O) groups is 1. The Hall–Kier alpha value is -0.610. The third kappa shape index (κ3) is 4.18. The quantitative estimate of drug-likeness (QED) is 0.742. The van der Waals surface area contributed by atoms with Crippen LogP contribution in [0.1, 0.15) is 51.9 Å². The summed E-state index contributed by atoms with van der Waals surface area (Å²) in [6.07, 6.45) is 7.67. The highest BCUT2D eigenvalue weighted by molar-refractivity contribution is 5.86. The summed E-state index contributed by atoms with van der Waals surface area (Å²) in [4.78, 5) is 14.7. The molecule has 1 saturated carbocycles. The highest BCUT2D eigenvalue weighted by Gasteiger charge is 2.37. The Morgan fingerprint density at radius 3 is 2.79 bits per heavy atom. The molecule has 2 atom stereocenters. The van der Waals surface area contributed by atoms with Gasteiger partial charge >= 0.3 is 0 Å². The Morgan fingerprint density at radius 2 is 2.11 bits per heavy atom. The molecule has 0 bridgehead atoms. The second kappa shape index (κ2) is 6.71. The van der Waals surface area contributed by atoms with E-state index in [-0.39, 0.29) is 5.91 Å². The van der Waals surface area contributed by atoms with E-state index in [9.17, 15) is 4.79 Å². The molecule has 0 spiro atoms. The average Bonchev–Trinajstić information content (AvgIpc) is 2.87. The first-order valence-corrected chi connectivity index (χ1v) is 7.90. The van der Waals surface area contributed by atoms with Gasteiger partial charge < -0.3 is 16.0 Å². The zero-order valence-electron chi connectivity index (χ0n) is 12.3. The molecular weight excluding hydrogens is 238 g/mol. The predicted octanol–water partition coefficient (Wildman–Crippen LogP) is 1.50. The largest absolute Gasteiger partial charge is 0.354 e. The molecule has 0 radical (unpaired) electrons. The van der Waals surface area contributed by atoms with E-state index < -0.39 is 5.54 Å². The summed E-state index contributed by atoms with van der Waals surface area (Å²) < 4.78 is 0. The van der Waals surface area contributed by atoms with Crippen molar-refractivity contribution in [2.45, 2.75) is 57.4 Å². The maximum absolute atomic E-state index is 12.2. The Kier molecular flexibility index (Phi) is 5.22. The zero-order chi connectivity index (χ0) is 13.7. The lowest BCUT2D eigenvalue weighted by molar-refractivity contribution is -0.128. The van der Waals surface area contributed by atoms with Gasteiger partial charge in [0.2, 0.25) is 5.91 Å². The third-order valence-electron chi connectivity index (χ3n) is 4.62. The second-order valence-corrected chi connectivity index (χ2v) is 6.52. The van der Waals surface area contributed by atoms with Crippen LogP contribution in [0.2, 0.25) is 0 Å². The highest BCUT2D eigenvalue weighted by atomic mass is 16.2. The number of likely N-dealkylation sites (tertiary alicyclic amines) is 1. The monoisotopic (exact) mass is 267 g/mol. The smallest absolute Gasteiger partial charge is 0.240 e. The minimum Gasteiger partial charge on any atom is -0.354 e. The van der Waals surface area contributed by atoms with Crippen molar-refractivity contribution in [3.05, 3.63) is 0 Å². The molecule has 0 aromatic rings. The number of rotatable bonds is 5. The van der Waals surface area contributed by atoms with Crippen LogP contribution in [0.4, 0.5) is 0 Å². The van der Waals surface area contributed by atoms with Crippen LogP contribution in [0.25, 0.3) is 0 Å². The fourth-order valence-electron chi connectivity index (χ4n) is 3.48. The lowest BCUT2D eigenvalue weighted by atomic mass is 9.76. The molecule has 1 saturated heterocycles. The molecule has 2 aliphatic rings. The maximum Gasteiger partial charge on any atom is 0.240 e. The summed E-state index contributed by atoms with van der Waals surface area (Å²) in [7, 11) is 0. The van der Waals surface area contributed by atoms with Crippen molar-refractivity contribution in [1.82, 2.24) is 10.2 Å².